The number of nitrogens with two attached hydrogens (primary N) is 1. The molecule has 0 saturated carbocycles. The summed E-state index contributed by atoms with van der Waals surface area (Å²) in [5.74, 6) is 0.484. The minimum atomic E-state index is -0.359. The summed E-state index contributed by atoms with van der Waals surface area (Å²) < 4.78 is 5.65. The number of nitrogens with one attached hydrogen (secondary N) is 1. The van der Waals surface area contributed by atoms with Gasteiger partial charge in [-0.25, -0.2) is 9.98 Å². The number of ether oxygens (including phenoxy) is 1. The smallest absolute Gasteiger partial charge is 0.257 e. The van der Waals surface area contributed by atoms with E-state index in [1.165, 1.54) is 11.8 Å². The third-order valence-electron chi connectivity index (χ3n) is 4.34. The van der Waals surface area contributed by atoms with Crippen LogP contribution < -0.4 is 15.8 Å². The molecule has 0 aliphatic carbocycles. The SMILES string of the molecule is CNC(=O)C1=CC2C(=NC(N)=NC2c2c(Cl)cc(Cl)c3c2CCO3)S1. The standard InChI is InChI=1S/C16H14Cl2N4O2S/c1-20-14(23)10-4-7-12(21-16(19)22-15(7)25-10)11-6-2-3-24-13(6)9(18)5-8(11)17/h4-5,7,12H,2-3H2,1H3,(H2,19,21)(H,20,23). The predicted octanol–water partition coefficient (Wildman–Crippen LogP) is 2.69. The lowest BCUT2D eigenvalue weighted by atomic mass is 9.89. The van der Waals surface area contributed by atoms with E-state index in [-0.39, 0.29) is 23.8 Å². The molecule has 2 atom stereocenters. The fraction of sp³-hybridized carbons (Fsp3) is 0.312. The van der Waals surface area contributed by atoms with Crippen LogP contribution in [-0.4, -0.2) is 30.6 Å². The summed E-state index contributed by atoms with van der Waals surface area (Å²) in [5, 5.41) is 4.38. The topological polar surface area (TPSA) is 89.1 Å². The van der Waals surface area contributed by atoms with Gasteiger partial charge in [0.1, 0.15) is 5.75 Å². The normalized spacial score (nSPS) is 23.9. The molecule has 4 rings (SSSR count). The van der Waals surface area contributed by atoms with Gasteiger partial charge in [-0.3, -0.25) is 4.79 Å². The van der Waals surface area contributed by atoms with Crippen LogP contribution in [0, 0.1) is 5.92 Å². The lowest BCUT2D eigenvalue weighted by Crippen LogP contribution is -2.26. The zero-order chi connectivity index (χ0) is 17.7. The van der Waals surface area contributed by atoms with Crippen molar-refractivity contribution in [2.24, 2.45) is 21.6 Å². The van der Waals surface area contributed by atoms with Gasteiger partial charge in [-0.2, -0.15) is 0 Å². The van der Waals surface area contributed by atoms with E-state index in [1.807, 2.05) is 6.08 Å². The molecule has 1 amide bonds. The van der Waals surface area contributed by atoms with Crippen molar-refractivity contribution in [3.63, 3.8) is 0 Å². The van der Waals surface area contributed by atoms with E-state index in [0.717, 1.165) is 16.2 Å². The first kappa shape index (κ1) is 16.8. The highest BCUT2D eigenvalue weighted by Crippen LogP contribution is 2.49. The maximum Gasteiger partial charge on any atom is 0.257 e. The van der Waals surface area contributed by atoms with Crippen LogP contribution >= 0.6 is 35.0 Å². The van der Waals surface area contributed by atoms with Crippen molar-refractivity contribution in [2.75, 3.05) is 13.7 Å². The molecule has 2 unspecified atom stereocenters. The fourth-order valence-corrected chi connectivity index (χ4v) is 5.05. The number of fused-ring (bicyclic) bond motifs is 2. The number of thioether (sulfide) groups is 1. The highest BCUT2D eigenvalue weighted by Gasteiger charge is 2.40. The molecule has 0 saturated heterocycles. The molecular formula is C16H14Cl2N4O2S. The summed E-state index contributed by atoms with van der Waals surface area (Å²) in [6, 6.07) is 1.31. The second-order valence-corrected chi connectivity index (χ2v) is 7.66. The molecule has 9 heteroatoms. The largest absolute Gasteiger partial charge is 0.491 e. The van der Waals surface area contributed by atoms with Gasteiger partial charge in [-0.1, -0.05) is 41.0 Å². The molecule has 0 spiro atoms. The third-order valence-corrected chi connectivity index (χ3v) is 6.05. The number of rotatable bonds is 2. The molecule has 130 valence electrons. The van der Waals surface area contributed by atoms with Crippen LogP contribution in [0.5, 0.6) is 5.75 Å². The van der Waals surface area contributed by atoms with Gasteiger partial charge in [-0.05, 0) is 6.07 Å². The van der Waals surface area contributed by atoms with Crippen LogP contribution in [0.4, 0.5) is 0 Å². The summed E-state index contributed by atoms with van der Waals surface area (Å²) in [6.45, 7) is 0.550. The van der Waals surface area contributed by atoms with E-state index in [2.05, 4.69) is 15.3 Å². The summed E-state index contributed by atoms with van der Waals surface area (Å²) in [4.78, 5) is 21.4. The van der Waals surface area contributed by atoms with E-state index < -0.39 is 0 Å². The quantitative estimate of drug-likeness (QED) is 0.803. The summed E-state index contributed by atoms with van der Waals surface area (Å²) >= 11 is 14.1. The number of halogens is 2. The van der Waals surface area contributed by atoms with Crippen molar-refractivity contribution in [2.45, 2.75) is 12.5 Å². The molecule has 25 heavy (non-hydrogen) atoms. The fourth-order valence-electron chi connectivity index (χ4n) is 3.27. The molecule has 3 aliphatic rings. The first-order valence-corrected chi connectivity index (χ1v) is 9.24. The highest BCUT2D eigenvalue weighted by molar-refractivity contribution is 8.18. The Bertz CT molecular complexity index is 881. The van der Waals surface area contributed by atoms with Gasteiger partial charge in [0, 0.05) is 29.6 Å². The van der Waals surface area contributed by atoms with Crippen molar-refractivity contribution in [1.82, 2.24) is 5.32 Å². The first-order chi connectivity index (χ1) is 12.0. The number of guanidine groups is 1. The number of nitrogens with zero attached hydrogens (tertiary/aromatic N) is 2. The van der Waals surface area contributed by atoms with Crippen LogP contribution in [0.15, 0.2) is 27.0 Å². The lowest BCUT2D eigenvalue weighted by molar-refractivity contribution is -0.116. The molecule has 6 nitrogen and oxygen atoms in total. The minimum Gasteiger partial charge on any atom is -0.491 e. The average molecular weight is 397 g/mol. The van der Waals surface area contributed by atoms with E-state index in [0.29, 0.717) is 33.7 Å². The predicted molar refractivity (Wildman–Crippen MR) is 101 cm³/mol. The van der Waals surface area contributed by atoms with Gasteiger partial charge < -0.3 is 15.8 Å². The van der Waals surface area contributed by atoms with Crippen molar-refractivity contribution in [3.05, 3.63) is 38.2 Å². The first-order valence-electron chi connectivity index (χ1n) is 7.66. The maximum absolute atomic E-state index is 12.0. The maximum atomic E-state index is 12.0. The Balaban J connectivity index is 1.83. The Labute approximate surface area is 158 Å². The Morgan fingerprint density at radius 1 is 1.44 bits per heavy atom. The average Bonchev–Trinajstić information content (AvgIpc) is 3.20. The zero-order valence-electron chi connectivity index (χ0n) is 13.2. The molecule has 1 aromatic carbocycles. The number of likely N-dealkylation sites (N-methyl/N-ethyl adjacent to an activating group) is 1. The number of carbonyl (C=O) groups is 1. The Morgan fingerprint density at radius 2 is 2.24 bits per heavy atom. The van der Waals surface area contributed by atoms with Crippen molar-refractivity contribution in [3.8, 4) is 5.75 Å². The summed E-state index contributed by atoms with van der Waals surface area (Å²) in [6.07, 6.45) is 2.57. The summed E-state index contributed by atoms with van der Waals surface area (Å²) in [7, 11) is 1.59. The van der Waals surface area contributed by atoms with Gasteiger partial charge in [0.2, 0.25) is 5.96 Å². The summed E-state index contributed by atoms with van der Waals surface area (Å²) in [5.41, 5.74) is 7.72. The van der Waals surface area contributed by atoms with Crippen LogP contribution in [0.25, 0.3) is 0 Å². The molecule has 3 N–H and O–H groups in total. The van der Waals surface area contributed by atoms with Gasteiger partial charge in [0.25, 0.3) is 5.91 Å². The molecule has 0 radical (unpaired) electrons. The molecule has 3 aliphatic heterocycles. The van der Waals surface area contributed by atoms with Gasteiger partial charge in [0.05, 0.1) is 33.5 Å². The van der Waals surface area contributed by atoms with Crippen LogP contribution in [0.1, 0.15) is 17.2 Å². The van der Waals surface area contributed by atoms with Gasteiger partial charge >= 0.3 is 0 Å². The molecule has 0 bridgehead atoms. The van der Waals surface area contributed by atoms with E-state index in [1.54, 1.807) is 13.1 Å². The van der Waals surface area contributed by atoms with E-state index in [9.17, 15) is 4.79 Å². The van der Waals surface area contributed by atoms with Gasteiger partial charge in [-0.15, -0.1) is 0 Å². The van der Waals surface area contributed by atoms with Crippen molar-refractivity contribution < 1.29 is 9.53 Å². The van der Waals surface area contributed by atoms with Gasteiger partial charge in [0.15, 0.2) is 0 Å². The Hall–Kier alpha value is -1.70. The zero-order valence-corrected chi connectivity index (χ0v) is 15.5. The van der Waals surface area contributed by atoms with Crippen LogP contribution in [-0.2, 0) is 11.2 Å². The second-order valence-electron chi connectivity index (χ2n) is 5.78. The number of hydrogen-bond acceptors (Lipinski definition) is 6. The highest BCUT2D eigenvalue weighted by atomic mass is 35.5. The Morgan fingerprint density at radius 3 is 3.00 bits per heavy atom. The molecular weight excluding hydrogens is 383 g/mol. The van der Waals surface area contributed by atoms with E-state index >= 15 is 0 Å². The lowest BCUT2D eigenvalue weighted by Gasteiger charge is -2.25. The monoisotopic (exact) mass is 396 g/mol. The number of benzene rings is 1. The van der Waals surface area contributed by atoms with Crippen molar-refractivity contribution >= 4 is 51.9 Å². The molecule has 0 aromatic heterocycles. The minimum absolute atomic E-state index is 0.157. The van der Waals surface area contributed by atoms with E-state index in [4.69, 9.17) is 33.7 Å². The number of amides is 1. The Kier molecular flexibility index (Phi) is 4.17. The molecule has 0 fully saturated rings. The van der Waals surface area contributed by atoms with Crippen molar-refractivity contribution in [1.29, 1.82) is 0 Å². The van der Waals surface area contributed by atoms with Crippen LogP contribution in [0.2, 0.25) is 10.0 Å². The number of aliphatic imine (C=N–C) groups is 2. The molecule has 1 aromatic rings. The second kappa shape index (κ2) is 6.23. The number of carbonyl (C=O) groups excluding carboxylic acids is 1. The number of hydrogen-bond donors (Lipinski definition) is 2. The van der Waals surface area contributed by atoms with Crippen LogP contribution in [0.3, 0.4) is 0 Å². The molecule has 3 heterocycles. The third kappa shape index (κ3) is 2.70.